The van der Waals surface area contributed by atoms with E-state index in [1.54, 1.807) is 19.9 Å². The third kappa shape index (κ3) is 3.23. The van der Waals surface area contributed by atoms with Gasteiger partial charge in [-0.1, -0.05) is 24.3 Å². The second kappa shape index (κ2) is 7.00. The maximum absolute atomic E-state index is 12.4. The van der Waals surface area contributed by atoms with Crippen molar-refractivity contribution in [3.63, 3.8) is 0 Å². The Labute approximate surface area is 153 Å². The lowest BCUT2D eigenvalue weighted by molar-refractivity contribution is -0.148. The first kappa shape index (κ1) is 18.9. The van der Waals surface area contributed by atoms with Gasteiger partial charge in [0.2, 0.25) is 0 Å². The molecule has 6 nitrogen and oxygen atoms in total. The SMILES string of the molecule is C=C1C(=O)O[C@H]2[C@H]1[C@H](OC(=O)/C(C)=C/C)C/C(C)=C\CC[C@@]1(CO)O[C@H]21. The Balaban J connectivity index is 1.95. The summed E-state index contributed by atoms with van der Waals surface area (Å²) in [5, 5.41) is 9.80. The van der Waals surface area contributed by atoms with Crippen LogP contribution in [0.3, 0.4) is 0 Å². The van der Waals surface area contributed by atoms with Gasteiger partial charge in [0.25, 0.3) is 0 Å². The quantitative estimate of drug-likeness (QED) is 0.359. The number of epoxide rings is 1. The van der Waals surface area contributed by atoms with Crippen molar-refractivity contribution < 1.29 is 28.9 Å². The Hall–Kier alpha value is -1.92. The van der Waals surface area contributed by atoms with Crippen LogP contribution in [-0.4, -0.2) is 47.6 Å². The van der Waals surface area contributed by atoms with E-state index in [0.717, 1.165) is 12.0 Å². The number of hydrogen-bond donors (Lipinski definition) is 1. The molecule has 2 fully saturated rings. The summed E-state index contributed by atoms with van der Waals surface area (Å²) in [6, 6.07) is 0. The Morgan fingerprint density at radius 1 is 1.54 bits per heavy atom. The number of hydrogen-bond acceptors (Lipinski definition) is 6. The number of allylic oxidation sites excluding steroid dienone is 2. The first-order chi connectivity index (χ1) is 12.3. The maximum atomic E-state index is 12.4. The van der Waals surface area contributed by atoms with Gasteiger partial charge in [0.05, 0.1) is 12.5 Å². The van der Waals surface area contributed by atoms with Crippen LogP contribution in [0.25, 0.3) is 0 Å². The zero-order chi connectivity index (χ0) is 19.1. The monoisotopic (exact) mass is 362 g/mol. The zero-order valence-electron chi connectivity index (χ0n) is 15.5. The molecule has 3 aliphatic rings. The smallest absolute Gasteiger partial charge is 0.334 e. The number of esters is 2. The van der Waals surface area contributed by atoms with Crippen LogP contribution in [0.2, 0.25) is 0 Å². The van der Waals surface area contributed by atoms with E-state index in [-0.39, 0.29) is 6.61 Å². The fourth-order valence-corrected chi connectivity index (χ4v) is 3.84. The number of aliphatic hydroxyl groups excluding tert-OH is 1. The number of aliphatic hydroxyl groups is 1. The molecule has 0 radical (unpaired) electrons. The molecule has 0 amide bonds. The van der Waals surface area contributed by atoms with Gasteiger partial charge in [-0.05, 0) is 33.6 Å². The molecule has 2 saturated heterocycles. The van der Waals surface area contributed by atoms with E-state index in [0.29, 0.717) is 24.0 Å². The third-order valence-corrected chi connectivity index (χ3v) is 5.65. The van der Waals surface area contributed by atoms with Crippen LogP contribution < -0.4 is 0 Å². The second-order valence-corrected chi connectivity index (χ2v) is 7.39. The van der Waals surface area contributed by atoms with Crippen LogP contribution in [0.15, 0.2) is 35.5 Å². The highest BCUT2D eigenvalue weighted by atomic mass is 16.7. The molecule has 2 heterocycles. The van der Waals surface area contributed by atoms with Gasteiger partial charge in [0, 0.05) is 17.6 Å². The molecule has 2 aliphatic heterocycles. The Morgan fingerprint density at radius 3 is 2.92 bits per heavy atom. The van der Waals surface area contributed by atoms with E-state index in [1.807, 2.05) is 6.92 Å². The van der Waals surface area contributed by atoms with Crippen molar-refractivity contribution in [1.29, 1.82) is 0 Å². The fourth-order valence-electron chi connectivity index (χ4n) is 3.84. The van der Waals surface area contributed by atoms with Gasteiger partial charge in [0.15, 0.2) is 0 Å². The van der Waals surface area contributed by atoms with Crippen LogP contribution in [0.5, 0.6) is 0 Å². The summed E-state index contributed by atoms with van der Waals surface area (Å²) in [4.78, 5) is 24.5. The fraction of sp³-hybridized carbons (Fsp3) is 0.600. The summed E-state index contributed by atoms with van der Waals surface area (Å²) in [5.74, 6) is -1.40. The van der Waals surface area contributed by atoms with Crippen LogP contribution in [0, 0.1) is 5.92 Å². The molecule has 1 aliphatic carbocycles. The first-order valence-corrected chi connectivity index (χ1v) is 9.01. The Bertz CT molecular complexity index is 690. The zero-order valence-corrected chi connectivity index (χ0v) is 15.5. The van der Waals surface area contributed by atoms with Gasteiger partial charge in [-0.2, -0.15) is 0 Å². The molecular weight excluding hydrogens is 336 g/mol. The molecule has 0 aromatic heterocycles. The van der Waals surface area contributed by atoms with Crippen LogP contribution in [-0.2, 0) is 23.8 Å². The third-order valence-electron chi connectivity index (χ3n) is 5.65. The Kier molecular flexibility index (Phi) is 5.08. The standard InChI is InChI=1S/C20H26O6/c1-5-12(3)18(22)24-14-9-11(2)7-6-8-20(10-21)17(26-20)16-15(14)13(4)19(23)25-16/h5,7,14-17,21H,4,6,8-10H2,1-3H3/b11-7-,12-5+/t14-,15-,16+,17-,20+/m1/s1. The predicted octanol–water partition coefficient (Wildman–Crippen LogP) is 2.22. The minimum Gasteiger partial charge on any atom is -0.458 e. The van der Waals surface area contributed by atoms with Gasteiger partial charge in [-0.3, -0.25) is 0 Å². The number of rotatable bonds is 3. The average Bonchev–Trinajstić information content (AvgIpc) is 3.26. The van der Waals surface area contributed by atoms with Crippen molar-refractivity contribution in [2.45, 2.75) is 63.9 Å². The lowest BCUT2D eigenvalue weighted by Crippen LogP contribution is -2.39. The lowest BCUT2D eigenvalue weighted by atomic mass is 9.81. The van der Waals surface area contributed by atoms with E-state index in [2.05, 4.69) is 12.7 Å². The van der Waals surface area contributed by atoms with E-state index < -0.39 is 41.8 Å². The van der Waals surface area contributed by atoms with Crippen LogP contribution in [0.4, 0.5) is 0 Å². The van der Waals surface area contributed by atoms with Crippen molar-refractivity contribution in [1.82, 2.24) is 0 Å². The molecule has 0 spiro atoms. The molecule has 1 N–H and O–H groups in total. The van der Waals surface area contributed by atoms with Gasteiger partial charge in [0.1, 0.15) is 23.9 Å². The lowest BCUT2D eigenvalue weighted by Gasteiger charge is -2.28. The highest BCUT2D eigenvalue weighted by Crippen LogP contribution is 2.50. The molecule has 0 unspecified atom stereocenters. The van der Waals surface area contributed by atoms with Gasteiger partial charge in [-0.15, -0.1) is 0 Å². The molecule has 5 atom stereocenters. The minimum absolute atomic E-state index is 0.139. The summed E-state index contributed by atoms with van der Waals surface area (Å²) in [7, 11) is 0. The summed E-state index contributed by atoms with van der Waals surface area (Å²) < 4.78 is 17.1. The second-order valence-electron chi connectivity index (χ2n) is 7.39. The molecule has 0 bridgehead atoms. The van der Waals surface area contributed by atoms with E-state index in [4.69, 9.17) is 14.2 Å². The Morgan fingerprint density at radius 2 is 2.27 bits per heavy atom. The first-order valence-electron chi connectivity index (χ1n) is 9.01. The van der Waals surface area contributed by atoms with Crippen molar-refractivity contribution >= 4 is 11.9 Å². The molecule has 26 heavy (non-hydrogen) atoms. The van der Waals surface area contributed by atoms with Gasteiger partial charge >= 0.3 is 11.9 Å². The van der Waals surface area contributed by atoms with Crippen LogP contribution in [0.1, 0.15) is 40.0 Å². The number of fused-ring (bicyclic) bond motifs is 3. The largest absolute Gasteiger partial charge is 0.458 e. The highest BCUT2D eigenvalue weighted by Gasteiger charge is 2.65. The molecule has 6 heteroatoms. The number of carbonyl (C=O) groups is 2. The van der Waals surface area contributed by atoms with E-state index >= 15 is 0 Å². The molecule has 3 rings (SSSR count). The molecule has 142 valence electrons. The van der Waals surface area contributed by atoms with Gasteiger partial charge < -0.3 is 19.3 Å². The summed E-state index contributed by atoms with van der Waals surface area (Å²) >= 11 is 0. The molecular formula is C20H26O6. The normalized spacial score (nSPS) is 39.2. The average molecular weight is 362 g/mol. The number of carbonyl (C=O) groups excluding carboxylic acids is 2. The van der Waals surface area contributed by atoms with E-state index in [1.165, 1.54) is 0 Å². The summed E-state index contributed by atoms with van der Waals surface area (Å²) in [5.41, 5.74) is 1.15. The summed E-state index contributed by atoms with van der Waals surface area (Å²) in [6.45, 7) is 9.17. The minimum atomic E-state index is -0.699. The van der Waals surface area contributed by atoms with Crippen molar-refractivity contribution in [3.05, 3.63) is 35.5 Å². The highest BCUT2D eigenvalue weighted by molar-refractivity contribution is 5.91. The predicted molar refractivity (Wildman–Crippen MR) is 94.1 cm³/mol. The number of ether oxygens (including phenoxy) is 3. The molecule has 0 saturated carbocycles. The van der Waals surface area contributed by atoms with Crippen molar-refractivity contribution in [2.24, 2.45) is 5.92 Å². The van der Waals surface area contributed by atoms with Gasteiger partial charge in [-0.25, -0.2) is 9.59 Å². The summed E-state index contributed by atoms with van der Waals surface area (Å²) in [6.07, 6.45) is 4.07. The maximum Gasteiger partial charge on any atom is 0.334 e. The van der Waals surface area contributed by atoms with Crippen molar-refractivity contribution in [3.8, 4) is 0 Å². The van der Waals surface area contributed by atoms with Crippen LogP contribution >= 0.6 is 0 Å². The molecule has 0 aromatic rings. The van der Waals surface area contributed by atoms with E-state index in [9.17, 15) is 14.7 Å². The van der Waals surface area contributed by atoms with Crippen molar-refractivity contribution in [2.75, 3.05) is 6.61 Å². The topological polar surface area (TPSA) is 85.4 Å². The molecule has 0 aromatic carbocycles.